The van der Waals surface area contributed by atoms with E-state index in [0.717, 1.165) is 32.4 Å². The zero-order valence-corrected chi connectivity index (χ0v) is 14.9. The smallest absolute Gasteiger partial charge is 0.266 e. The third-order valence-electron chi connectivity index (χ3n) is 4.80. The molecule has 25 heavy (non-hydrogen) atoms. The van der Waals surface area contributed by atoms with E-state index in [1.54, 1.807) is 4.90 Å². The molecule has 0 spiro atoms. The Kier molecular flexibility index (Phi) is 5.75. The second-order valence-electron chi connectivity index (χ2n) is 6.58. The van der Waals surface area contributed by atoms with Crippen LogP contribution in [0.1, 0.15) is 29.6 Å². The normalized spacial score (nSPS) is 19.1. The lowest BCUT2D eigenvalue weighted by Crippen LogP contribution is -2.42. The molecular weight excluding hydrogens is 344 g/mol. The Bertz CT molecular complexity index is 699. The van der Waals surface area contributed by atoms with Crippen LogP contribution < -0.4 is 5.56 Å². The summed E-state index contributed by atoms with van der Waals surface area (Å²) in [6.07, 6.45) is 4.46. The van der Waals surface area contributed by atoms with Crippen LogP contribution in [-0.2, 0) is 4.79 Å². The Balaban J connectivity index is 1.58. The van der Waals surface area contributed by atoms with E-state index in [9.17, 15) is 14.4 Å². The fraction of sp³-hybridized carbons (Fsp3) is 0.588. The summed E-state index contributed by atoms with van der Waals surface area (Å²) < 4.78 is 0. The number of aromatic amines is 1. The Morgan fingerprint density at radius 1 is 1.00 bits per heavy atom. The van der Waals surface area contributed by atoms with Gasteiger partial charge in [-0.15, -0.1) is 0 Å². The molecule has 0 saturated carbocycles. The zero-order valence-electron chi connectivity index (χ0n) is 14.2. The first kappa shape index (κ1) is 17.9. The molecule has 3 heterocycles. The van der Waals surface area contributed by atoms with Gasteiger partial charge in [0.1, 0.15) is 5.02 Å². The van der Waals surface area contributed by atoms with Crippen LogP contribution in [0.3, 0.4) is 0 Å². The van der Waals surface area contributed by atoms with Gasteiger partial charge in [-0.2, -0.15) is 0 Å². The Morgan fingerprint density at radius 2 is 1.68 bits per heavy atom. The number of nitrogens with zero attached hydrogens (tertiary/aromatic N) is 3. The number of pyridine rings is 1. The molecule has 0 aromatic carbocycles. The number of carbonyl (C=O) groups is 2. The molecule has 2 aliphatic rings. The van der Waals surface area contributed by atoms with Crippen molar-refractivity contribution in [2.45, 2.75) is 19.3 Å². The summed E-state index contributed by atoms with van der Waals surface area (Å²) in [7, 11) is 0. The molecule has 136 valence electrons. The summed E-state index contributed by atoms with van der Waals surface area (Å²) in [5.74, 6) is -0.0322. The predicted molar refractivity (Wildman–Crippen MR) is 94.8 cm³/mol. The lowest BCUT2D eigenvalue weighted by atomic mass is 10.2. The highest BCUT2D eigenvalue weighted by Gasteiger charge is 2.25. The highest BCUT2D eigenvalue weighted by atomic mass is 35.5. The lowest BCUT2D eigenvalue weighted by Gasteiger charge is -2.24. The fourth-order valence-electron chi connectivity index (χ4n) is 3.36. The number of nitrogens with one attached hydrogen (secondary N) is 1. The van der Waals surface area contributed by atoms with Crippen LogP contribution in [0, 0.1) is 0 Å². The first-order valence-electron chi connectivity index (χ1n) is 8.72. The molecule has 7 nitrogen and oxygen atoms in total. The van der Waals surface area contributed by atoms with Crippen molar-refractivity contribution < 1.29 is 9.59 Å². The largest absolute Gasteiger partial charge is 0.340 e. The molecule has 2 aliphatic heterocycles. The number of rotatable bonds is 3. The van der Waals surface area contributed by atoms with E-state index in [1.807, 2.05) is 4.90 Å². The molecule has 2 amide bonds. The highest BCUT2D eigenvalue weighted by Crippen LogP contribution is 2.12. The van der Waals surface area contributed by atoms with Gasteiger partial charge >= 0.3 is 0 Å². The minimum atomic E-state index is -0.409. The fourth-order valence-corrected chi connectivity index (χ4v) is 3.54. The van der Waals surface area contributed by atoms with Crippen LogP contribution in [0.25, 0.3) is 0 Å². The quantitative estimate of drug-likeness (QED) is 0.858. The SMILES string of the molecule is O=C(CN1CCCC1)N1CCCN(C(=O)c2c[nH]c(=O)c(Cl)c2)CC1. The maximum absolute atomic E-state index is 12.6. The van der Waals surface area contributed by atoms with Crippen LogP contribution in [0.2, 0.25) is 5.02 Å². The van der Waals surface area contributed by atoms with E-state index in [0.29, 0.717) is 38.3 Å². The maximum Gasteiger partial charge on any atom is 0.266 e. The van der Waals surface area contributed by atoms with Crippen LogP contribution in [-0.4, -0.2) is 77.3 Å². The molecule has 0 bridgehead atoms. The summed E-state index contributed by atoms with van der Waals surface area (Å²) in [6.45, 7) is 4.75. The second kappa shape index (κ2) is 8.01. The van der Waals surface area contributed by atoms with Crippen molar-refractivity contribution in [3.8, 4) is 0 Å². The lowest BCUT2D eigenvalue weighted by molar-refractivity contribution is -0.132. The van der Waals surface area contributed by atoms with E-state index >= 15 is 0 Å². The van der Waals surface area contributed by atoms with Gasteiger partial charge in [-0.1, -0.05) is 11.6 Å². The minimum absolute atomic E-state index is 0.00286. The van der Waals surface area contributed by atoms with Crippen molar-refractivity contribution in [3.63, 3.8) is 0 Å². The molecule has 0 atom stereocenters. The van der Waals surface area contributed by atoms with Gasteiger partial charge in [-0.3, -0.25) is 19.3 Å². The maximum atomic E-state index is 12.6. The summed E-state index contributed by atoms with van der Waals surface area (Å²) in [5, 5.41) is 0.00286. The number of aromatic nitrogens is 1. The van der Waals surface area contributed by atoms with Gasteiger partial charge in [0, 0.05) is 32.4 Å². The topological polar surface area (TPSA) is 76.7 Å². The monoisotopic (exact) mass is 366 g/mol. The average molecular weight is 367 g/mol. The van der Waals surface area contributed by atoms with Gasteiger partial charge in [-0.25, -0.2) is 0 Å². The Labute approximate surface area is 151 Å². The molecular formula is C17H23ClN4O3. The van der Waals surface area contributed by atoms with Gasteiger partial charge < -0.3 is 14.8 Å². The molecule has 3 rings (SSSR count). The molecule has 1 aromatic rings. The molecule has 1 aromatic heterocycles. The molecule has 0 radical (unpaired) electrons. The van der Waals surface area contributed by atoms with Gasteiger partial charge in [0.05, 0.1) is 12.1 Å². The van der Waals surface area contributed by atoms with E-state index in [4.69, 9.17) is 11.6 Å². The van der Waals surface area contributed by atoms with Crippen molar-refractivity contribution >= 4 is 23.4 Å². The van der Waals surface area contributed by atoms with Gasteiger partial charge in [0.15, 0.2) is 0 Å². The number of halogens is 1. The predicted octanol–water partition coefficient (Wildman–Crippen LogP) is 0.799. The van der Waals surface area contributed by atoms with Gasteiger partial charge in [-0.05, 0) is 38.4 Å². The van der Waals surface area contributed by atoms with E-state index in [2.05, 4.69) is 9.88 Å². The van der Waals surface area contributed by atoms with E-state index in [-0.39, 0.29) is 16.8 Å². The molecule has 2 fully saturated rings. The molecule has 0 aliphatic carbocycles. The van der Waals surface area contributed by atoms with E-state index in [1.165, 1.54) is 12.3 Å². The van der Waals surface area contributed by atoms with Crippen molar-refractivity contribution in [1.82, 2.24) is 19.7 Å². The number of H-pyrrole nitrogens is 1. The first-order valence-corrected chi connectivity index (χ1v) is 9.10. The summed E-state index contributed by atoms with van der Waals surface area (Å²) >= 11 is 5.80. The molecule has 8 heteroatoms. The molecule has 1 N–H and O–H groups in total. The zero-order chi connectivity index (χ0) is 17.8. The van der Waals surface area contributed by atoms with Crippen LogP contribution >= 0.6 is 11.6 Å². The Hall–Kier alpha value is -1.86. The minimum Gasteiger partial charge on any atom is -0.340 e. The number of amides is 2. The van der Waals surface area contributed by atoms with E-state index < -0.39 is 5.56 Å². The van der Waals surface area contributed by atoms with Crippen molar-refractivity contribution in [3.05, 3.63) is 33.2 Å². The standard InChI is InChI=1S/C17H23ClN4O3/c18-14-10-13(11-19-16(14)24)17(25)22-7-3-6-21(8-9-22)15(23)12-20-4-1-2-5-20/h10-11H,1-9,12H2,(H,19,24). The summed E-state index contributed by atoms with van der Waals surface area (Å²) in [4.78, 5) is 44.6. The second-order valence-corrected chi connectivity index (χ2v) is 6.98. The molecule has 2 saturated heterocycles. The third-order valence-corrected chi connectivity index (χ3v) is 5.08. The van der Waals surface area contributed by atoms with Gasteiger partial charge in [0.2, 0.25) is 5.91 Å². The summed E-state index contributed by atoms with van der Waals surface area (Å²) in [6, 6.07) is 1.39. The van der Waals surface area contributed by atoms with Crippen LogP contribution in [0.15, 0.2) is 17.1 Å². The van der Waals surface area contributed by atoms with Crippen LogP contribution in [0.4, 0.5) is 0 Å². The highest BCUT2D eigenvalue weighted by molar-refractivity contribution is 6.30. The van der Waals surface area contributed by atoms with Crippen LogP contribution in [0.5, 0.6) is 0 Å². The van der Waals surface area contributed by atoms with Crippen molar-refractivity contribution in [1.29, 1.82) is 0 Å². The number of hydrogen-bond acceptors (Lipinski definition) is 4. The van der Waals surface area contributed by atoms with Gasteiger partial charge in [0.25, 0.3) is 11.5 Å². The Morgan fingerprint density at radius 3 is 2.40 bits per heavy atom. The van der Waals surface area contributed by atoms with Crippen molar-refractivity contribution in [2.75, 3.05) is 45.8 Å². The number of likely N-dealkylation sites (tertiary alicyclic amines) is 1. The first-order chi connectivity index (χ1) is 12.0. The average Bonchev–Trinajstić information content (AvgIpc) is 2.98. The number of carbonyl (C=O) groups excluding carboxylic acids is 2. The van der Waals surface area contributed by atoms with Crippen molar-refractivity contribution in [2.24, 2.45) is 0 Å². The number of hydrogen-bond donors (Lipinski definition) is 1. The molecule has 0 unspecified atom stereocenters. The summed E-state index contributed by atoms with van der Waals surface area (Å²) in [5.41, 5.74) is -0.0470. The third kappa shape index (κ3) is 4.41.